The molecule has 8 atom stereocenters. The van der Waals surface area contributed by atoms with E-state index >= 15 is 4.79 Å². The average molecular weight is 888 g/mol. The zero-order valence-electron chi connectivity index (χ0n) is 38.3. The molecule has 4 aliphatic heterocycles. The number of carbonyl (C=O) groups is 4. The molecule has 2 aromatic carbocycles. The number of aliphatic hydroxyl groups excluding tert-OH is 1. The van der Waals surface area contributed by atoms with E-state index in [1.54, 1.807) is 42.9 Å². The van der Waals surface area contributed by atoms with Crippen LogP contribution in [0.2, 0.25) is 0 Å². The molecule has 4 saturated heterocycles. The number of aliphatic hydroxyl groups is 1. The molecule has 0 spiro atoms. The van der Waals surface area contributed by atoms with Gasteiger partial charge >= 0.3 is 11.9 Å². The van der Waals surface area contributed by atoms with Gasteiger partial charge in [-0.15, -0.1) is 0 Å². The minimum absolute atomic E-state index is 0.000322. The quantitative estimate of drug-likeness (QED) is 0.0953. The van der Waals surface area contributed by atoms with Crippen LogP contribution in [0.5, 0.6) is 5.75 Å². The first-order chi connectivity index (χ1) is 30.7. The van der Waals surface area contributed by atoms with E-state index in [0.29, 0.717) is 32.1 Å². The Kier molecular flexibility index (Phi) is 15.2. The van der Waals surface area contributed by atoms with Gasteiger partial charge in [-0.1, -0.05) is 94.1 Å². The van der Waals surface area contributed by atoms with Crippen molar-refractivity contribution in [2.45, 2.75) is 185 Å². The van der Waals surface area contributed by atoms with Crippen LogP contribution in [-0.2, 0) is 55.9 Å². The van der Waals surface area contributed by atoms with Crippen molar-refractivity contribution in [2.24, 2.45) is 5.41 Å². The van der Waals surface area contributed by atoms with Gasteiger partial charge < -0.3 is 39.4 Å². The Morgan fingerprint density at radius 1 is 1.00 bits per heavy atom. The van der Waals surface area contributed by atoms with Gasteiger partial charge in [-0.3, -0.25) is 24.0 Å². The molecular weight excluding hydrogens is 819 g/mol. The summed E-state index contributed by atoms with van der Waals surface area (Å²) >= 11 is 0. The van der Waals surface area contributed by atoms with Crippen LogP contribution in [0.25, 0.3) is 6.08 Å². The maximum Gasteiger partial charge on any atom is 0.327 e. The molecule has 14 nitrogen and oxygen atoms in total. The Labute approximate surface area is 377 Å². The standard InChI is InChI=1S/C50H69N3O11/c1-6-8-12-26-49(27-13-9-7-2)62-41-39-30-50(47(59)52-28-16-22-37(52)45(57)51-36(32-54)24-25-40(56)61-48(3,4)5)43(46(58)60-39)53(64-44(50)42(41)63-49)31-34-19-14-17-33(29-34)18-15-21-35-20-10-11-23-38(35)55/h10-11,14-15,17-20,23,29,36-37,39,41-44,54-55H,6-9,12-13,16,21-22,24-28,30-32H2,1-5H3,(H,51,57)/t36-,37+,39?,41-,42-,43-,44+,50?/m0/s1. The number of esters is 2. The highest BCUT2D eigenvalue weighted by Gasteiger charge is 2.77. The van der Waals surface area contributed by atoms with Gasteiger partial charge in [0, 0.05) is 32.2 Å². The van der Waals surface area contributed by atoms with Gasteiger partial charge in [0.2, 0.25) is 11.8 Å². The van der Waals surface area contributed by atoms with Crippen molar-refractivity contribution in [1.82, 2.24) is 15.3 Å². The molecule has 7 rings (SSSR count). The predicted molar refractivity (Wildman–Crippen MR) is 238 cm³/mol. The zero-order valence-corrected chi connectivity index (χ0v) is 38.3. The van der Waals surface area contributed by atoms with Crippen LogP contribution in [0, 0.1) is 5.41 Å². The normalized spacial score (nSPS) is 27.7. The number of rotatable bonds is 20. The van der Waals surface area contributed by atoms with Gasteiger partial charge in [0.25, 0.3) is 0 Å². The Hall–Kier alpha value is -4.34. The van der Waals surface area contributed by atoms with E-state index in [-0.39, 0.29) is 44.0 Å². The number of allylic oxidation sites excluding steroid dienone is 1. The monoisotopic (exact) mass is 887 g/mol. The minimum atomic E-state index is -1.46. The average Bonchev–Trinajstić information content (AvgIpc) is 3.99. The molecule has 14 heteroatoms. The molecule has 1 saturated carbocycles. The lowest BCUT2D eigenvalue weighted by molar-refractivity contribution is -0.225. The van der Waals surface area contributed by atoms with Crippen LogP contribution in [0.1, 0.15) is 135 Å². The summed E-state index contributed by atoms with van der Waals surface area (Å²) in [4.78, 5) is 65.3. The molecule has 5 aliphatic rings. The van der Waals surface area contributed by atoms with E-state index in [0.717, 1.165) is 55.2 Å². The summed E-state index contributed by atoms with van der Waals surface area (Å²) in [5.74, 6) is -2.50. The minimum Gasteiger partial charge on any atom is -0.508 e. The van der Waals surface area contributed by atoms with Gasteiger partial charge in [-0.25, -0.2) is 0 Å². The lowest BCUT2D eigenvalue weighted by Gasteiger charge is -2.50. The number of unbranched alkanes of at least 4 members (excludes halogenated alkanes) is 4. The van der Waals surface area contributed by atoms with E-state index < -0.39 is 83.8 Å². The van der Waals surface area contributed by atoms with Gasteiger partial charge in [-0.2, -0.15) is 5.06 Å². The number of phenolic OH excluding ortho intramolecular Hbond substituents is 1. The maximum absolute atomic E-state index is 15.6. The molecule has 3 N–H and O–H groups in total. The second kappa shape index (κ2) is 20.4. The second-order valence-electron chi connectivity index (χ2n) is 19.4. The lowest BCUT2D eigenvalue weighted by Crippen LogP contribution is -2.70. The first-order valence-corrected chi connectivity index (χ1v) is 23.7. The first-order valence-electron chi connectivity index (χ1n) is 23.7. The Morgan fingerprint density at radius 3 is 2.44 bits per heavy atom. The van der Waals surface area contributed by atoms with Crippen LogP contribution < -0.4 is 5.32 Å². The number of nitrogens with zero attached hydrogens (tertiary/aromatic N) is 2. The number of likely N-dealkylation sites (tertiary alicyclic amines) is 1. The molecule has 2 aromatic rings. The van der Waals surface area contributed by atoms with Crippen molar-refractivity contribution >= 4 is 29.8 Å². The van der Waals surface area contributed by atoms with Crippen molar-refractivity contribution in [3.8, 4) is 5.75 Å². The third-order valence-electron chi connectivity index (χ3n) is 13.4. The number of benzene rings is 2. The van der Waals surface area contributed by atoms with Gasteiger partial charge in [-0.05, 0) is 82.1 Å². The predicted octanol–water partition coefficient (Wildman–Crippen LogP) is 6.68. The molecule has 2 unspecified atom stereocenters. The smallest absolute Gasteiger partial charge is 0.327 e. The molecule has 350 valence electrons. The van der Waals surface area contributed by atoms with Crippen molar-refractivity contribution in [1.29, 1.82) is 0 Å². The number of para-hydroxylation sites is 1. The van der Waals surface area contributed by atoms with Crippen molar-refractivity contribution in [3.05, 3.63) is 71.3 Å². The van der Waals surface area contributed by atoms with Crippen LogP contribution in [0.15, 0.2) is 54.6 Å². The van der Waals surface area contributed by atoms with Crippen LogP contribution in [0.4, 0.5) is 0 Å². The number of hydroxylamine groups is 2. The third kappa shape index (κ3) is 10.4. The molecule has 1 aliphatic carbocycles. The molecule has 2 bridgehead atoms. The number of nitrogens with one attached hydrogen (secondary N) is 1. The van der Waals surface area contributed by atoms with E-state index in [1.807, 2.05) is 48.6 Å². The third-order valence-corrected chi connectivity index (χ3v) is 13.4. The highest BCUT2D eigenvalue weighted by atomic mass is 16.8. The fourth-order valence-corrected chi connectivity index (χ4v) is 10.4. The van der Waals surface area contributed by atoms with Crippen LogP contribution in [-0.4, -0.2) is 111 Å². The number of carbonyl (C=O) groups excluding carboxylic acids is 4. The summed E-state index contributed by atoms with van der Waals surface area (Å²) < 4.78 is 25.8. The Balaban J connectivity index is 1.17. The summed E-state index contributed by atoms with van der Waals surface area (Å²) in [7, 11) is 0. The number of amides is 2. The van der Waals surface area contributed by atoms with E-state index in [1.165, 1.54) is 0 Å². The van der Waals surface area contributed by atoms with Crippen molar-refractivity contribution in [2.75, 3.05) is 13.2 Å². The van der Waals surface area contributed by atoms with Crippen LogP contribution >= 0.6 is 0 Å². The summed E-state index contributed by atoms with van der Waals surface area (Å²) in [6, 6.07) is 12.3. The number of ether oxygens (including phenoxy) is 4. The zero-order chi connectivity index (χ0) is 45.6. The first kappa shape index (κ1) is 47.6. The molecule has 64 heavy (non-hydrogen) atoms. The Morgan fingerprint density at radius 2 is 1.73 bits per heavy atom. The van der Waals surface area contributed by atoms with E-state index in [2.05, 4.69) is 19.2 Å². The van der Waals surface area contributed by atoms with Crippen LogP contribution in [0.3, 0.4) is 0 Å². The maximum atomic E-state index is 15.6. The number of fused-ring (bicyclic) bond motifs is 4. The summed E-state index contributed by atoms with van der Waals surface area (Å²) in [5.41, 5.74) is 0.440. The fraction of sp³-hybridized carbons (Fsp3) is 0.640. The molecule has 5 fully saturated rings. The highest BCUT2D eigenvalue weighted by Crippen LogP contribution is 2.59. The summed E-state index contributed by atoms with van der Waals surface area (Å²) in [6.07, 6.45) is 9.89. The van der Waals surface area contributed by atoms with E-state index in [9.17, 15) is 24.6 Å². The van der Waals surface area contributed by atoms with E-state index in [4.69, 9.17) is 23.8 Å². The molecule has 4 heterocycles. The molecule has 0 radical (unpaired) electrons. The Bertz CT molecular complexity index is 1990. The lowest BCUT2D eigenvalue weighted by atomic mass is 9.62. The highest BCUT2D eigenvalue weighted by molar-refractivity contribution is 5.96. The number of hydrogen-bond acceptors (Lipinski definition) is 12. The van der Waals surface area contributed by atoms with Gasteiger partial charge in [0.15, 0.2) is 11.8 Å². The molecule has 0 aromatic heterocycles. The summed E-state index contributed by atoms with van der Waals surface area (Å²) in [6.45, 7) is 9.70. The molecule has 2 amide bonds. The second-order valence-corrected chi connectivity index (χ2v) is 19.4. The van der Waals surface area contributed by atoms with Gasteiger partial charge in [0.05, 0.1) is 19.2 Å². The SMILES string of the molecule is CCCCCC1(CCCCC)O[C@@H]2[C@H]3ON(Cc4cccc(C=CCc5ccccc5O)c4)[C@H]4C(=O)OC(CC34C(=O)N3CCC[C@@H]3C(=O)N[C@H](CO)CCC(=O)OC(C)(C)C)[C@@H]2O1. The topological polar surface area (TPSA) is 173 Å². The summed E-state index contributed by atoms with van der Waals surface area (Å²) in [5, 5.41) is 25.0. The van der Waals surface area contributed by atoms with Gasteiger partial charge in [0.1, 0.15) is 47.2 Å². The fourth-order valence-electron chi connectivity index (χ4n) is 10.4. The van der Waals surface area contributed by atoms with Crippen molar-refractivity contribution < 1.29 is 53.2 Å². The largest absolute Gasteiger partial charge is 0.508 e. The number of aromatic hydroxyl groups is 1. The van der Waals surface area contributed by atoms with Crippen molar-refractivity contribution in [3.63, 3.8) is 0 Å². The number of phenols is 1. The number of hydrogen-bond donors (Lipinski definition) is 3. The molecular formula is C50H69N3O11.